The quantitative estimate of drug-likeness (QED) is 0.650. The van der Waals surface area contributed by atoms with Crippen molar-refractivity contribution in [3.05, 3.63) is 53.8 Å². The molecule has 0 aliphatic heterocycles. The molecule has 3 aromatic rings. The van der Waals surface area contributed by atoms with E-state index in [0.29, 0.717) is 17.0 Å². The molecule has 0 saturated heterocycles. The maximum absolute atomic E-state index is 13.3. The highest BCUT2D eigenvalue weighted by atomic mass is 19.1. The Morgan fingerprint density at radius 2 is 1.89 bits per heavy atom. The highest BCUT2D eigenvalue weighted by molar-refractivity contribution is 5.86. The molecule has 0 saturated carbocycles. The van der Waals surface area contributed by atoms with Crippen molar-refractivity contribution in [1.29, 1.82) is 0 Å². The average molecular weight is 241 g/mol. The summed E-state index contributed by atoms with van der Waals surface area (Å²) < 4.78 is 19.0. The molecule has 1 heterocycles. The fourth-order valence-corrected chi connectivity index (χ4v) is 2.04. The second kappa shape index (κ2) is 3.88. The topological polar surface area (TPSA) is 39.2 Å². The standard InChI is InChI=1S/C15H12FNO/c1-9-2-5-14-10(6-9)7-15(18-14)12-8-11(16)3-4-13(12)17/h2-8H,17H2,1H3. The minimum absolute atomic E-state index is 0.323. The van der Waals surface area contributed by atoms with Crippen molar-refractivity contribution in [2.45, 2.75) is 6.92 Å². The summed E-state index contributed by atoms with van der Waals surface area (Å²) in [5, 5.41) is 0.994. The van der Waals surface area contributed by atoms with Crippen LogP contribution >= 0.6 is 0 Å². The zero-order valence-electron chi connectivity index (χ0n) is 9.91. The van der Waals surface area contributed by atoms with Crippen molar-refractivity contribution < 1.29 is 8.81 Å². The van der Waals surface area contributed by atoms with Crippen LogP contribution in [0.15, 0.2) is 46.9 Å². The van der Waals surface area contributed by atoms with Crippen LogP contribution < -0.4 is 5.73 Å². The molecule has 0 spiro atoms. The number of hydrogen-bond acceptors (Lipinski definition) is 2. The first-order chi connectivity index (χ1) is 8.63. The van der Waals surface area contributed by atoms with Gasteiger partial charge in [-0.1, -0.05) is 11.6 Å². The van der Waals surface area contributed by atoms with Crippen molar-refractivity contribution in [3.63, 3.8) is 0 Å². The number of nitrogen functional groups attached to an aromatic ring is 1. The number of benzene rings is 2. The fraction of sp³-hybridized carbons (Fsp3) is 0.0667. The van der Waals surface area contributed by atoms with E-state index in [4.69, 9.17) is 10.2 Å². The highest BCUT2D eigenvalue weighted by Crippen LogP contribution is 2.32. The van der Waals surface area contributed by atoms with Gasteiger partial charge in [-0.3, -0.25) is 0 Å². The van der Waals surface area contributed by atoms with Crippen molar-refractivity contribution >= 4 is 16.7 Å². The summed E-state index contributed by atoms with van der Waals surface area (Å²) in [6.45, 7) is 2.02. The van der Waals surface area contributed by atoms with Crippen molar-refractivity contribution in [1.82, 2.24) is 0 Å². The number of aryl methyl sites for hydroxylation is 1. The van der Waals surface area contributed by atoms with Crippen LogP contribution in [0.4, 0.5) is 10.1 Å². The van der Waals surface area contributed by atoms with Gasteiger partial charge in [-0.25, -0.2) is 4.39 Å². The molecular formula is C15H12FNO. The smallest absolute Gasteiger partial charge is 0.137 e. The molecule has 3 heteroatoms. The Morgan fingerprint density at radius 1 is 1.06 bits per heavy atom. The van der Waals surface area contributed by atoms with Crippen molar-refractivity contribution in [3.8, 4) is 11.3 Å². The maximum atomic E-state index is 13.3. The summed E-state index contributed by atoms with van der Waals surface area (Å²) in [6, 6.07) is 12.1. The van der Waals surface area contributed by atoms with Crippen molar-refractivity contribution in [2.75, 3.05) is 5.73 Å². The molecule has 0 unspecified atom stereocenters. The van der Waals surface area contributed by atoms with E-state index in [1.54, 1.807) is 6.07 Å². The predicted molar refractivity (Wildman–Crippen MR) is 70.8 cm³/mol. The minimum atomic E-state index is -0.323. The van der Waals surface area contributed by atoms with Crippen LogP contribution in [0.1, 0.15) is 5.56 Å². The Morgan fingerprint density at radius 3 is 2.72 bits per heavy atom. The van der Waals surface area contributed by atoms with Crippen LogP contribution in [-0.4, -0.2) is 0 Å². The zero-order chi connectivity index (χ0) is 12.7. The molecule has 2 N–H and O–H groups in total. The minimum Gasteiger partial charge on any atom is -0.456 e. The van der Waals surface area contributed by atoms with Gasteiger partial charge >= 0.3 is 0 Å². The van der Waals surface area contributed by atoms with Crippen molar-refractivity contribution in [2.24, 2.45) is 0 Å². The molecule has 90 valence electrons. The largest absolute Gasteiger partial charge is 0.456 e. The zero-order valence-corrected chi connectivity index (χ0v) is 9.91. The van der Waals surface area contributed by atoms with Crippen LogP contribution in [0.5, 0.6) is 0 Å². The Kier molecular flexibility index (Phi) is 2.33. The van der Waals surface area contributed by atoms with Crippen LogP contribution in [0.25, 0.3) is 22.3 Å². The second-order valence-corrected chi connectivity index (χ2v) is 4.38. The SMILES string of the molecule is Cc1ccc2oc(-c3cc(F)ccc3N)cc2c1. The van der Waals surface area contributed by atoms with Crippen LogP contribution in [0.2, 0.25) is 0 Å². The third-order valence-corrected chi connectivity index (χ3v) is 2.95. The summed E-state index contributed by atoms with van der Waals surface area (Å²) >= 11 is 0. The summed E-state index contributed by atoms with van der Waals surface area (Å²) in [4.78, 5) is 0. The summed E-state index contributed by atoms with van der Waals surface area (Å²) in [6.07, 6.45) is 0. The van der Waals surface area contributed by atoms with Gasteiger partial charge in [0.25, 0.3) is 0 Å². The first kappa shape index (κ1) is 10.8. The normalized spacial score (nSPS) is 11.0. The third-order valence-electron chi connectivity index (χ3n) is 2.95. The molecule has 0 radical (unpaired) electrons. The Hall–Kier alpha value is -2.29. The Bertz CT molecular complexity index is 730. The van der Waals surface area contributed by atoms with E-state index < -0.39 is 0 Å². The molecule has 0 aliphatic rings. The van der Waals surface area contributed by atoms with E-state index in [9.17, 15) is 4.39 Å². The number of nitrogens with two attached hydrogens (primary N) is 1. The molecule has 0 amide bonds. The van der Waals surface area contributed by atoms with Gasteiger partial charge in [0.15, 0.2) is 0 Å². The summed E-state index contributed by atoms with van der Waals surface area (Å²) in [7, 11) is 0. The van der Waals surface area contributed by atoms with Crippen LogP contribution in [-0.2, 0) is 0 Å². The molecule has 3 rings (SSSR count). The molecule has 0 bridgehead atoms. The van der Waals surface area contributed by atoms with Gasteiger partial charge in [0.05, 0.1) is 0 Å². The lowest BCUT2D eigenvalue weighted by Crippen LogP contribution is -1.89. The van der Waals surface area contributed by atoms with Gasteiger partial charge in [-0.2, -0.15) is 0 Å². The summed E-state index contributed by atoms with van der Waals surface area (Å²) in [5.41, 5.74) is 8.87. The molecular weight excluding hydrogens is 229 g/mol. The van der Waals surface area contributed by atoms with Gasteiger partial charge in [-0.15, -0.1) is 0 Å². The number of anilines is 1. The second-order valence-electron chi connectivity index (χ2n) is 4.38. The van der Waals surface area contributed by atoms with E-state index in [-0.39, 0.29) is 5.82 Å². The monoisotopic (exact) mass is 241 g/mol. The maximum Gasteiger partial charge on any atom is 0.137 e. The first-order valence-corrected chi connectivity index (χ1v) is 5.69. The number of furan rings is 1. The molecule has 1 aromatic heterocycles. The molecule has 0 atom stereocenters. The van der Waals surface area contributed by atoms with E-state index in [1.165, 1.54) is 12.1 Å². The van der Waals surface area contributed by atoms with Gasteiger partial charge in [0.2, 0.25) is 0 Å². The van der Waals surface area contributed by atoms with Crippen LogP contribution in [0.3, 0.4) is 0 Å². The lowest BCUT2D eigenvalue weighted by atomic mass is 10.1. The first-order valence-electron chi connectivity index (χ1n) is 5.69. The van der Waals surface area contributed by atoms with E-state index in [2.05, 4.69) is 0 Å². The number of fused-ring (bicyclic) bond motifs is 1. The van der Waals surface area contributed by atoms with E-state index in [0.717, 1.165) is 16.5 Å². The fourth-order valence-electron chi connectivity index (χ4n) is 2.04. The number of hydrogen-bond donors (Lipinski definition) is 1. The molecule has 18 heavy (non-hydrogen) atoms. The Balaban J connectivity index is 2.22. The molecule has 0 aliphatic carbocycles. The van der Waals surface area contributed by atoms with Crippen LogP contribution in [0, 0.1) is 12.7 Å². The predicted octanol–water partition coefficient (Wildman–Crippen LogP) is 4.13. The molecule has 2 aromatic carbocycles. The number of rotatable bonds is 1. The lowest BCUT2D eigenvalue weighted by Gasteiger charge is -2.01. The molecule has 2 nitrogen and oxygen atoms in total. The summed E-state index contributed by atoms with van der Waals surface area (Å²) in [5.74, 6) is 0.267. The van der Waals surface area contributed by atoms with Gasteiger partial charge < -0.3 is 10.2 Å². The van der Waals surface area contributed by atoms with E-state index in [1.807, 2.05) is 31.2 Å². The van der Waals surface area contributed by atoms with Gasteiger partial charge in [0, 0.05) is 16.6 Å². The molecule has 0 fully saturated rings. The van der Waals surface area contributed by atoms with Gasteiger partial charge in [-0.05, 0) is 43.3 Å². The third kappa shape index (κ3) is 1.74. The van der Waals surface area contributed by atoms with E-state index >= 15 is 0 Å². The lowest BCUT2D eigenvalue weighted by molar-refractivity contribution is 0.618. The Labute approximate surface area is 104 Å². The average Bonchev–Trinajstić information content (AvgIpc) is 2.74. The van der Waals surface area contributed by atoms with Gasteiger partial charge in [0.1, 0.15) is 17.2 Å². The highest BCUT2D eigenvalue weighted by Gasteiger charge is 2.10. The number of halogens is 1.